The van der Waals surface area contributed by atoms with Gasteiger partial charge in [0, 0.05) is 55.0 Å². The van der Waals surface area contributed by atoms with Crippen LogP contribution in [0.5, 0.6) is 0 Å². The molecule has 1 amide bonds. The van der Waals surface area contributed by atoms with Crippen molar-refractivity contribution in [2.24, 2.45) is 0 Å². The van der Waals surface area contributed by atoms with Gasteiger partial charge >= 0.3 is 0 Å². The maximum atomic E-state index is 14.9. The molecule has 186 valence electrons. The van der Waals surface area contributed by atoms with Crippen molar-refractivity contribution < 1.29 is 18.3 Å². The van der Waals surface area contributed by atoms with E-state index >= 15 is 0 Å². The number of carbonyl (C=O) groups is 1. The summed E-state index contributed by atoms with van der Waals surface area (Å²) in [5.74, 6) is -1.56. The lowest BCUT2D eigenvalue weighted by atomic mass is 10.00. The summed E-state index contributed by atoms with van der Waals surface area (Å²) >= 11 is 0. The number of pyridine rings is 1. The van der Waals surface area contributed by atoms with Crippen molar-refractivity contribution in [2.45, 2.75) is 32.2 Å². The van der Waals surface area contributed by atoms with Gasteiger partial charge in [0.1, 0.15) is 5.82 Å². The monoisotopic (exact) mass is 491 g/mol. The zero-order valence-corrected chi connectivity index (χ0v) is 20.2. The molecular weight excluding hydrogens is 464 g/mol. The number of benzene rings is 1. The number of aryl methyl sites for hydroxylation is 1. The van der Waals surface area contributed by atoms with Gasteiger partial charge < -0.3 is 23.9 Å². The lowest BCUT2D eigenvalue weighted by Gasteiger charge is -2.29. The van der Waals surface area contributed by atoms with E-state index in [-0.39, 0.29) is 16.8 Å². The number of amides is 1. The van der Waals surface area contributed by atoms with Gasteiger partial charge in [0.05, 0.1) is 30.2 Å². The molecule has 2 aliphatic rings. The van der Waals surface area contributed by atoms with Crippen LogP contribution < -0.4 is 10.2 Å². The Morgan fingerprint density at radius 1 is 1.11 bits per heavy atom. The van der Waals surface area contributed by atoms with Crippen LogP contribution in [-0.4, -0.2) is 46.2 Å². The molecule has 6 rings (SSSR count). The number of fused-ring (bicyclic) bond motifs is 1. The van der Waals surface area contributed by atoms with E-state index in [0.717, 1.165) is 54.0 Å². The van der Waals surface area contributed by atoms with Crippen LogP contribution in [0.25, 0.3) is 16.8 Å². The first-order valence-corrected chi connectivity index (χ1v) is 12.1. The van der Waals surface area contributed by atoms with E-state index in [9.17, 15) is 13.6 Å². The number of rotatable bonds is 5. The highest BCUT2D eigenvalue weighted by Crippen LogP contribution is 2.44. The highest BCUT2D eigenvalue weighted by molar-refractivity contribution is 6.04. The minimum Gasteiger partial charge on any atom is -0.378 e. The molecule has 1 saturated heterocycles. The number of hydrogen-bond acceptors (Lipinski definition) is 4. The number of hydrogen-bond donors (Lipinski definition) is 1. The zero-order chi connectivity index (χ0) is 25.0. The van der Waals surface area contributed by atoms with Gasteiger partial charge in [-0.15, -0.1) is 0 Å². The van der Waals surface area contributed by atoms with Crippen LogP contribution in [0.3, 0.4) is 0 Å². The lowest BCUT2D eigenvalue weighted by Crippen LogP contribution is -2.36. The summed E-state index contributed by atoms with van der Waals surface area (Å²) in [6, 6.07) is 6.30. The Bertz CT molecular complexity index is 1480. The summed E-state index contributed by atoms with van der Waals surface area (Å²) in [5, 5.41) is 2.65. The fraction of sp³-hybridized carbons (Fsp3) is 0.333. The van der Waals surface area contributed by atoms with Crippen LogP contribution in [0.2, 0.25) is 0 Å². The van der Waals surface area contributed by atoms with Gasteiger partial charge in [0.25, 0.3) is 5.91 Å². The average Bonchev–Trinajstić information content (AvgIpc) is 3.25. The summed E-state index contributed by atoms with van der Waals surface area (Å²) in [5.41, 5.74) is 4.12. The zero-order valence-electron chi connectivity index (χ0n) is 20.2. The number of halogens is 2. The molecule has 4 heterocycles. The van der Waals surface area contributed by atoms with Gasteiger partial charge in [-0.1, -0.05) is 0 Å². The van der Waals surface area contributed by atoms with Crippen molar-refractivity contribution in [1.82, 2.24) is 14.0 Å². The van der Waals surface area contributed by atoms with Crippen molar-refractivity contribution in [3.05, 3.63) is 71.9 Å². The molecule has 3 aromatic heterocycles. The number of anilines is 2. The maximum absolute atomic E-state index is 14.9. The van der Waals surface area contributed by atoms with E-state index < -0.39 is 17.7 Å². The third kappa shape index (κ3) is 3.93. The van der Waals surface area contributed by atoms with E-state index in [1.54, 1.807) is 12.3 Å². The quantitative estimate of drug-likeness (QED) is 0.427. The molecule has 1 aliphatic carbocycles. The molecule has 9 heteroatoms. The molecule has 0 radical (unpaired) electrons. The third-order valence-electron chi connectivity index (χ3n) is 7.28. The first-order valence-electron chi connectivity index (χ1n) is 12.1. The second kappa shape index (κ2) is 8.44. The molecule has 1 aliphatic heterocycles. The minimum absolute atomic E-state index is 0.0463. The Morgan fingerprint density at radius 3 is 2.64 bits per heavy atom. The van der Waals surface area contributed by atoms with Crippen molar-refractivity contribution in [1.29, 1.82) is 0 Å². The molecular formula is C27H27F2N5O2. The highest BCUT2D eigenvalue weighted by atomic mass is 19.1. The Morgan fingerprint density at radius 2 is 1.89 bits per heavy atom. The van der Waals surface area contributed by atoms with Gasteiger partial charge in [-0.2, -0.15) is 4.39 Å². The summed E-state index contributed by atoms with van der Waals surface area (Å²) in [7, 11) is 0. The van der Waals surface area contributed by atoms with Crippen molar-refractivity contribution in [2.75, 3.05) is 36.5 Å². The molecule has 0 atom stereocenters. The fourth-order valence-electron chi connectivity index (χ4n) is 4.87. The van der Waals surface area contributed by atoms with Crippen molar-refractivity contribution in [3.8, 4) is 11.1 Å². The lowest BCUT2D eigenvalue weighted by molar-refractivity contribution is 0.102. The molecule has 0 unspecified atom stereocenters. The van der Waals surface area contributed by atoms with Gasteiger partial charge in [-0.3, -0.25) is 4.79 Å². The molecule has 1 saturated carbocycles. The number of ether oxygens (including phenoxy) is 1. The smallest absolute Gasteiger partial charge is 0.257 e. The number of carbonyl (C=O) groups excluding carboxylic acids is 1. The molecule has 0 bridgehead atoms. The first-order chi connectivity index (χ1) is 17.3. The molecule has 1 N–H and O–H groups in total. The topological polar surface area (TPSA) is 63.8 Å². The normalized spacial score (nSPS) is 16.9. The Balaban J connectivity index is 1.35. The summed E-state index contributed by atoms with van der Waals surface area (Å²) in [6.45, 7) is 6.58. The second-order valence-corrected chi connectivity index (χ2v) is 9.89. The average molecular weight is 492 g/mol. The second-order valence-electron chi connectivity index (χ2n) is 9.89. The van der Waals surface area contributed by atoms with E-state index in [2.05, 4.69) is 15.2 Å². The molecule has 0 spiro atoms. The Kier molecular flexibility index (Phi) is 5.33. The molecule has 1 aromatic carbocycles. The SMILES string of the molecule is Cc1cc(F)c(NC(=O)c2cc(F)n(C3(C)CC3)c2)cc1-c1cc(N2CCOCC2)c2nccn2c1. The molecule has 36 heavy (non-hydrogen) atoms. The molecule has 7 nitrogen and oxygen atoms in total. The minimum atomic E-state index is -0.551. The Hall–Kier alpha value is -3.72. The van der Waals surface area contributed by atoms with E-state index in [1.807, 2.05) is 36.7 Å². The van der Waals surface area contributed by atoms with E-state index in [4.69, 9.17) is 4.74 Å². The predicted octanol–water partition coefficient (Wildman–Crippen LogP) is 4.99. The number of imidazole rings is 1. The Labute approximate surface area is 207 Å². The first kappa shape index (κ1) is 22.7. The number of nitrogens with zero attached hydrogens (tertiary/aromatic N) is 4. The van der Waals surface area contributed by atoms with E-state index in [0.29, 0.717) is 13.2 Å². The van der Waals surface area contributed by atoms with Crippen LogP contribution in [0.4, 0.5) is 20.2 Å². The van der Waals surface area contributed by atoms with Gasteiger partial charge in [-0.25, -0.2) is 9.37 Å². The third-order valence-corrected chi connectivity index (χ3v) is 7.28. The number of aromatic nitrogens is 3. The summed E-state index contributed by atoms with van der Waals surface area (Å²) < 4.78 is 38.3. The fourth-order valence-corrected chi connectivity index (χ4v) is 4.87. The van der Waals surface area contributed by atoms with E-state index in [1.165, 1.54) is 22.9 Å². The highest BCUT2D eigenvalue weighted by Gasteiger charge is 2.41. The van der Waals surface area contributed by atoms with Gasteiger partial charge in [0.2, 0.25) is 0 Å². The van der Waals surface area contributed by atoms with Crippen molar-refractivity contribution >= 4 is 22.9 Å². The van der Waals surface area contributed by atoms with Crippen LogP contribution >= 0.6 is 0 Å². The molecule has 2 fully saturated rings. The largest absolute Gasteiger partial charge is 0.378 e. The van der Waals surface area contributed by atoms with Crippen molar-refractivity contribution in [3.63, 3.8) is 0 Å². The number of morpholine rings is 1. The van der Waals surface area contributed by atoms with Gasteiger partial charge in [-0.05, 0) is 56.0 Å². The number of nitrogens with one attached hydrogen (secondary N) is 1. The maximum Gasteiger partial charge on any atom is 0.257 e. The summed E-state index contributed by atoms with van der Waals surface area (Å²) in [6.07, 6.45) is 8.81. The summed E-state index contributed by atoms with van der Waals surface area (Å²) in [4.78, 5) is 19.7. The standard InChI is InChI=1S/C27H27F2N5O2/c1-17-11-21(28)22(31-26(35)19-13-24(29)34(16-19)27(2)3-4-27)14-20(17)18-12-23(32-7-9-36-10-8-32)25-30-5-6-33(25)15-18/h5-6,11-16H,3-4,7-10H2,1-2H3,(H,31,35). The van der Waals surface area contributed by atoms with Crippen LogP contribution in [-0.2, 0) is 10.3 Å². The molecule has 4 aromatic rings. The predicted molar refractivity (Wildman–Crippen MR) is 134 cm³/mol. The van der Waals surface area contributed by atoms with Crippen LogP contribution in [0, 0.1) is 18.7 Å². The van der Waals surface area contributed by atoms with Gasteiger partial charge in [0.15, 0.2) is 11.6 Å². The van der Waals surface area contributed by atoms with Crippen LogP contribution in [0.1, 0.15) is 35.7 Å². The van der Waals surface area contributed by atoms with Crippen LogP contribution in [0.15, 0.2) is 49.1 Å².